The minimum atomic E-state index is 0.131. The summed E-state index contributed by atoms with van der Waals surface area (Å²) in [4.78, 5) is 12.8. The van der Waals surface area contributed by atoms with Crippen LogP contribution in [0.25, 0.3) is 21.7 Å². The number of furan rings is 1. The number of hydrogen-bond donors (Lipinski definition) is 1. The Labute approximate surface area is 165 Å². The van der Waals surface area contributed by atoms with Crippen LogP contribution in [0.2, 0.25) is 0 Å². The molecular weight excluding hydrogens is 346 g/mol. The van der Waals surface area contributed by atoms with Crippen molar-refractivity contribution in [1.29, 1.82) is 0 Å². The summed E-state index contributed by atoms with van der Waals surface area (Å²) in [7, 11) is 0. The molecular formula is C25H27NO2. The van der Waals surface area contributed by atoms with Crippen LogP contribution >= 0.6 is 0 Å². The van der Waals surface area contributed by atoms with Gasteiger partial charge in [0.15, 0.2) is 0 Å². The van der Waals surface area contributed by atoms with Gasteiger partial charge in [0.25, 0.3) is 0 Å². The molecule has 4 aliphatic rings. The first-order chi connectivity index (χ1) is 13.7. The summed E-state index contributed by atoms with van der Waals surface area (Å²) < 4.78 is 5.76. The molecule has 3 aromatic rings. The van der Waals surface area contributed by atoms with Crippen molar-refractivity contribution >= 4 is 27.6 Å². The van der Waals surface area contributed by atoms with Crippen LogP contribution in [0.15, 0.2) is 47.1 Å². The molecule has 0 atom stereocenters. The van der Waals surface area contributed by atoms with Gasteiger partial charge in [-0.25, -0.2) is 0 Å². The largest absolute Gasteiger partial charge is 0.464 e. The SMILES string of the molecule is O=C(Cc1coc2ccc3ccccc3c12)NCC12CC3CC(CC(C3)C1)C2. The van der Waals surface area contributed by atoms with Crippen LogP contribution in [-0.2, 0) is 11.2 Å². The van der Waals surface area contributed by atoms with Gasteiger partial charge < -0.3 is 9.73 Å². The third-order valence-corrected chi connectivity index (χ3v) is 7.72. The van der Waals surface area contributed by atoms with E-state index in [4.69, 9.17) is 4.42 Å². The van der Waals surface area contributed by atoms with E-state index in [0.717, 1.165) is 46.2 Å². The molecule has 0 unspecified atom stereocenters. The lowest BCUT2D eigenvalue weighted by Gasteiger charge is -2.56. The lowest BCUT2D eigenvalue weighted by atomic mass is 9.49. The van der Waals surface area contributed by atoms with Crippen molar-refractivity contribution in [3.63, 3.8) is 0 Å². The highest BCUT2D eigenvalue weighted by molar-refractivity contribution is 6.08. The van der Waals surface area contributed by atoms with E-state index in [0.29, 0.717) is 11.8 Å². The number of benzene rings is 2. The molecule has 0 saturated heterocycles. The second-order valence-electron chi connectivity index (χ2n) is 9.79. The number of nitrogens with one attached hydrogen (secondary N) is 1. The van der Waals surface area contributed by atoms with E-state index in [2.05, 4.69) is 23.5 Å². The molecule has 0 aliphatic heterocycles. The van der Waals surface area contributed by atoms with E-state index in [1.807, 2.05) is 18.2 Å². The predicted molar refractivity (Wildman–Crippen MR) is 111 cm³/mol. The van der Waals surface area contributed by atoms with Crippen molar-refractivity contribution in [2.45, 2.75) is 44.9 Å². The fraction of sp³-hybridized carbons (Fsp3) is 0.480. The first kappa shape index (κ1) is 16.6. The van der Waals surface area contributed by atoms with Crippen molar-refractivity contribution in [2.24, 2.45) is 23.2 Å². The summed E-state index contributed by atoms with van der Waals surface area (Å²) in [5.41, 5.74) is 2.24. The first-order valence-electron chi connectivity index (χ1n) is 10.8. The van der Waals surface area contributed by atoms with Crippen molar-refractivity contribution in [3.8, 4) is 0 Å². The van der Waals surface area contributed by atoms with Crippen molar-refractivity contribution in [1.82, 2.24) is 5.32 Å². The highest BCUT2D eigenvalue weighted by atomic mass is 16.3. The lowest BCUT2D eigenvalue weighted by Crippen LogP contribution is -2.51. The van der Waals surface area contributed by atoms with Crippen molar-refractivity contribution < 1.29 is 9.21 Å². The molecule has 4 bridgehead atoms. The monoisotopic (exact) mass is 373 g/mol. The zero-order valence-corrected chi connectivity index (χ0v) is 16.2. The van der Waals surface area contributed by atoms with Crippen molar-refractivity contribution in [2.75, 3.05) is 6.54 Å². The molecule has 4 saturated carbocycles. The molecule has 1 amide bonds. The van der Waals surface area contributed by atoms with E-state index in [1.165, 1.54) is 43.9 Å². The standard InChI is InChI=1S/C25H27NO2/c27-23(26-15-25-11-16-7-17(12-25)9-18(8-16)13-25)10-20-14-28-22-6-5-19-3-1-2-4-21(19)24(20)22/h1-6,14,16-18H,7-13,15H2,(H,26,27). The zero-order valence-electron chi connectivity index (χ0n) is 16.2. The van der Waals surface area contributed by atoms with Crippen LogP contribution in [0.4, 0.5) is 0 Å². The molecule has 1 aromatic heterocycles. The van der Waals surface area contributed by atoms with Gasteiger partial charge in [0, 0.05) is 17.5 Å². The van der Waals surface area contributed by atoms with Crippen LogP contribution in [0, 0.1) is 23.2 Å². The van der Waals surface area contributed by atoms with E-state index >= 15 is 0 Å². The van der Waals surface area contributed by atoms with Gasteiger partial charge in [-0.1, -0.05) is 30.3 Å². The quantitative estimate of drug-likeness (QED) is 0.660. The zero-order chi connectivity index (χ0) is 18.7. The number of rotatable bonds is 4. The van der Waals surface area contributed by atoms with E-state index in [1.54, 1.807) is 6.26 Å². The number of hydrogen-bond acceptors (Lipinski definition) is 2. The Morgan fingerprint density at radius 1 is 1.00 bits per heavy atom. The number of carbonyl (C=O) groups is 1. The van der Waals surface area contributed by atoms with E-state index < -0.39 is 0 Å². The average Bonchev–Trinajstić information content (AvgIpc) is 3.09. The maximum atomic E-state index is 12.8. The minimum absolute atomic E-state index is 0.131. The second kappa shape index (κ2) is 6.10. The number of amides is 1. The Balaban J connectivity index is 1.21. The molecule has 28 heavy (non-hydrogen) atoms. The summed E-state index contributed by atoms with van der Waals surface area (Å²) in [5.74, 6) is 2.90. The molecule has 1 N–H and O–H groups in total. The number of fused-ring (bicyclic) bond motifs is 3. The molecule has 2 aromatic carbocycles. The molecule has 144 valence electrons. The Bertz CT molecular complexity index is 1030. The van der Waals surface area contributed by atoms with Crippen LogP contribution in [0.5, 0.6) is 0 Å². The maximum absolute atomic E-state index is 12.8. The molecule has 3 heteroatoms. The van der Waals surface area contributed by atoms with Crippen LogP contribution < -0.4 is 5.32 Å². The fourth-order valence-electron chi connectivity index (χ4n) is 7.03. The highest BCUT2D eigenvalue weighted by Gasteiger charge is 2.50. The number of carbonyl (C=O) groups excluding carboxylic acids is 1. The van der Waals surface area contributed by atoms with Gasteiger partial charge in [-0.05, 0) is 78.5 Å². The van der Waals surface area contributed by atoms with Gasteiger partial charge in [0.05, 0.1) is 12.7 Å². The Morgan fingerprint density at radius 3 is 2.46 bits per heavy atom. The third-order valence-electron chi connectivity index (χ3n) is 7.72. The third kappa shape index (κ3) is 2.67. The summed E-state index contributed by atoms with van der Waals surface area (Å²) in [5, 5.41) is 6.75. The van der Waals surface area contributed by atoms with Crippen LogP contribution in [0.3, 0.4) is 0 Å². The molecule has 7 rings (SSSR count). The Kier molecular flexibility index (Phi) is 3.63. The topological polar surface area (TPSA) is 42.2 Å². The molecule has 4 fully saturated rings. The van der Waals surface area contributed by atoms with Gasteiger partial charge in [0.1, 0.15) is 5.58 Å². The summed E-state index contributed by atoms with van der Waals surface area (Å²) in [6.07, 6.45) is 10.5. The fourth-order valence-corrected chi connectivity index (χ4v) is 7.03. The normalized spacial score (nSPS) is 30.9. The summed E-state index contributed by atoms with van der Waals surface area (Å²) in [6.45, 7) is 0.867. The second-order valence-corrected chi connectivity index (χ2v) is 9.79. The van der Waals surface area contributed by atoms with Crippen molar-refractivity contribution in [3.05, 3.63) is 48.2 Å². The van der Waals surface area contributed by atoms with Gasteiger partial charge >= 0.3 is 0 Å². The van der Waals surface area contributed by atoms with E-state index in [-0.39, 0.29) is 5.91 Å². The van der Waals surface area contributed by atoms with Crippen LogP contribution in [-0.4, -0.2) is 12.5 Å². The predicted octanol–water partition coefficient (Wildman–Crippen LogP) is 5.46. The smallest absolute Gasteiger partial charge is 0.224 e. The molecule has 1 heterocycles. The summed E-state index contributed by atoms with van der Waals surface area (Å²) >= 11 is 0. The van der Waals surface area contributed by atoms with Gasteiger partial charge in [-0.3, -0.25) is 4.79 Å². The Morgan fingerprint density at radius 2 is 1.71 bits per heavy atom. The molecule has 0 radical (unpaired) electrons. The molecule has 3 nitrogen and oxygen atoms in total. The van der Waals surface area contributed by atoms with Gasteiger partial charge in [0.2, 0.25) is 5.91 Å². The maximum Gasteiger partial charge on any atom is 0.224 e. The van der Waals surface area contributed by atoms with Gasteiger partial charge in [-0.15, -0.1) is 0 Å². The van der Waals surface area contributed by atoms with E-state index in [9.17, 15) is 4.79 Å². The lowest BCUT2D eigenvalue weighted by molar-refractivity contribution is -0.122. The summed E-state index contributed by atoms with van der Waals surface area (Å²) in [6, 6.07) is 12.4. The van der Waals surface area contributed by atoms with Gasteiger partial charge in [-0.2, -0.15) is 0 Å². The highest BCUT2D eigenvalue weighted by Crippen LogP contribution is 2.59. The Hall–Kier alpha value is -2.29. The average molecular weight is 373 g/mol. The molecule has 0 spiro atoms. The first-order valence-corrected chi connectivity index (χ1v) is 10.8. The molecule has 4 aliphatic carbocycles. The minimum Gasteiger partial charge on any atom is -0.464 e. The van der Waals surface area contributed by atoms with Crippen LogP contribution in [0.1, 0.15) is 44.1 Å².